The monoisotopic (exact) mass is 282 g/mol. The Morgan fingerprint density at radius 1 is 1.25 bits per heavy atom. The predicted molar refractivity (Wildman–Crippen MR) is 74.1 cm³/mol. The van der Waals surface area contributed by atoms with Crippen LogP contribution < -0.4 is 4.90 Å². The smallest absolute Gasteiger partial charge is 0.132 e. The molecule has 0 unspecified atom stereocenters. The summed E-state index contributed by atoms with van der Waals surface area (Å²) in [4.78, 5) is 4.16. The van der Waals surface area contributed by atoms with E-state index in [4.69, 9.17) is 0 Å². The lowest BCUT2D eigenvalue weighted by molar-refractivity contribution is 0.192. The molecule has 0 atom stereocenters. The summed E-state index contributed by atoms with van der Waals surface area (Å²) in [6.45, 7) is 2.94. The van der Waals surface area contributed by atoms with Crippen LogP contribution in [0, 0.1) is 11.6 Å². The molecular weight excluding hydrogens is 262 g/mol. The zero-order valence-corrected chi connectivity index (χ0v) is 11.7. The maximum absolute atomic E-state index is 14.3. The van der Waals surface area contributed by atoms with E-state index in [-0.39, 0.29) is 12.0 Å². The number of β-amino-alcohol motifs (C(OH)–C–C–N with tert-alkyl or cyclic N) is 1. The molecule has 1 spiro atoms. The lowest BCUT2D eigenvalue weighted by Gasteiger charge is -2.38. The molecule has 0 radical (unpaired) electrons. The highest BCUT2D eigenvalue weighted by Crippen LogP contribution is 2.48. The maximum Gasteiger partial charge on any atom is 0.132 e. The molecule has 0 aliphatic carbocycles. The number of rotatable bonds is 2. The van der Waals surface area contributed by atoms with Crippen LogP contribution in [0.1, 0.15) is 18.4 Å². The van der Waals surface area contributed by atoms with E-state index < -0.39 is 11.6 Å². The van der Waals surface area contributed by atoms with Crippen molar-refractivity contribution in [3.63, 3.8) is 0 Å². The van der Waals surface area contributed by atoms with Gasteiger partial charge in [0.15, 0.2) is 0 Å². The Labute approximate surface area is 117 Å². The molecule has 0 bridgehead atoms. The second-order valence-electron chi connectivity index (χ2n) is 6.01. The average molecular weight is 282 g/mol. The molecule has 2 heterocycles. The van der Waals surface area contributed by atoms with Gasteiger partial charge in [-0.2, -0.15) is 0 Å². The molecule has 2 aliphatic heterocycles. The summed E-state index contributed by atoms with van der Waals surface area (Å²) in [5.74, 6) is -0.987. The van der Waals surface area contributed by atoms with Crippen molar-refractivity contribution in [1.82, 2.24) is 4.90 Å². The van der Waals surface area contributed by atoms with Gasteiger partial charge < -0.3 is 14.9 Å². The zero-order valence-electron chi connectivity index (χ0n) is 11.7. The third-order valence-electron chi connectivity index (χ3n) is 4.71. The van der Waals surface area contributed by atoms with Gasteiger partial charge in [0.1, 0.15) is 11.6 Å². The van der Waals surface area contributed by atoms with Crippen LogP contribution in [0.5, 0.6) is 0 Å². The second-order valence-corrected chi connectivity index (χ2v) is 6.01. The van der Waals surface area contributed by atoms with E-state index in [1.165, 1.54) is 6.07 Å². The van der Waals surface area contributed by atoms with E-state index in [2.05, 4.69) is 11.9 Å². The topological polar surface area (TPSA) is 26.7 Å². The summed E-state index contributed by atoms with van der Waals surface area (Å²) in [6.07, 6.45) is 1.75. The number of likely N-dealkylation sites (tertiary alicyclic amines) is 1. The van der Waals surface area contributed by atoms with Crippen LogP contribution in [0.15, 0.2) is 12.1 Å². The molecule has 0 amide bonds. The largest absolute Gasteiger partial charge is 0.395 e. The standard InChI is InChI=1S/C15H20F2N2O/c1-18-4-2-15(3-5-18)10-19(6-7-20)13-9-11(16)8-12(17)14(13)15/h8-9,20H,2-7,10H2,1H3. The highest BCUT2D eigenvalue weighted by molar-refractivity contribution is 5.63. The van der Waals surface area contributed by atoms with Crippen molar-refractivity contribution in [2.45, 2.75) is 18.3 Å². The number of anilines is 1. The number of piperidine rings is 1. The molecule has 110 valence electrons. The van der Waals surface area contributed by atoms with E-state index in [1.54, 1.807) is 0 Å². The average Bonchev–Trinajstić information content (AvgIpc) is 2.68. The third-order valence-corrected chi connectivity index (χ3v) is 4.71. The van der Waals surface area contributed by atoms with Crippen molar-refractivity contribution in [2.24, 2.45) is 0 Å². The third kappa shape index (κ3) is 2.09. The van der Waals surface area contributed by atoms with E-state index in [0.29, 0.717) is 24.3 Å². The molecule has 1 N–H and O–H groups in total. The van der Waals surface area contributed by atoms with E-state index in [9.17, 15) is 13.9 Å². The first-order chi connectivity index (χ1) is 9.55. The SMILES string of the molecule is CN1CCC2(CC1)CN(CCO)c1cc(F)cc(F)c12. The van der Waals surface area contributed by atoms with Gasteiger partial charge in [0.25, 0.3) is 0 Å². The highest BCUT2D eigenvalue weighted by atomic mass is 19.1. The predicted octanol–water partition coefficient (Wildman–Crippen LogP) is 1.74. The summed E-state index contributed by atoms with van der Waals surface area (Å²) in [5.41, 5.74) is 1.05. The van der Waals surface area contributed by atoms with Gasteiger partial charge >= 0.3 is 0 Å². The van der Waals surface area contributed by atoms with Crippen molar-refractivity contribution in [2.75, 3.05) is 44.7 Å². The van der Waals surface area contributed by atoms with Crippen LogP contribution in [0.25, 0.3) is 0 Å². The maximum atomic E-state index is 14.3. The lowest BCUT2D eigenvalue weighted by atomic mass is 9.74. The Kier molecular flexibility index (Phi) is 3.42. The van der Waals surface area contributed by atoms with E-state index in [1.807, 2.05) is 4.90 Å². The normalized spacial score (nSPS) is 21.5. The number of nitrogens with zero attached hydrogens (tertiary/aromatic N) is 2. The number of hydrogen-bond acceptors (Lipinski definition) is 3. The molecule has 20 heavy (non-hydrogen) atoms. The first kappa shape index (κ1) is 13.8. The molecule has 3 rings (SSSR count). The van der Waals surface area contributed by atoms with Crippen LogP contribution in [-0.4, -0.2) is 49.8 Å². The van der Waals surface area contributed by atoms with Crippen LogP contribution >= 0.6 is 0 Å². The molecule has 0 saturated carbocycles. The van der Waals surface area contributed by atoms with Crippen molar-refractivity contribution in [3.05, 3.63) is 29.3 Å². The fourth-order valence-electron chi connectivity index (χ4n) is 3.64. The number of hydrogen-bond donors (Lipinski definition) is 1. The summed E-state index contributed by atoms with van der Waals surface area (Å²) in [5, 5.41) is 9.18. The summed E-state index contributed by atoms with van der Waals surface area (Å²) in [7, 11) is 2.06. The van der Waals surface area contributed by atoms with Gasteiger partial charge in [-0.3, -0.25) is 0 Å². The number of aliphatic hydroxyl groups excluding tert-OH is 1. The minimum atomic E-state index is -0.547. The highest BCUT2D eigenvalue weighted by Gasteiger charge is 2.46. The minimum Gasteiger partial charge on any atom is -0.395 e. The number of benzene rings is 1. The van der Waals surface area contributed by atoms with Crippen LogP contribution in [0.2, 0.25) is 0 Å². The van der Waals surface area contributed by atoms with Gasteiger partial charge in [0.2, 0.25) is 0 Å². The molecule has 1 aromatic carbocycles. The molecule has 2 aliphatic rings. The van der Waals surface area contributed by atoms with Gasteiger partial charge in [-0.25, -0.2) is 8.78 Å². The molecular formula is C15H20F2N2O. The fourth-order valence-corrected chi connectivity index (χ4v) is 3.64. The van der Waals surface area contributed by atoms with Crippen LogP contribution in [0.4, 0.5) is 14.5 Å². The van der Waals surface area contributed by atoms with Crippen LogP contribution in [0.3, 0.4) is 0 Å². The number of halogens is 2. The van der Waals surface area contributed by atoms with Gasteiger partial charge in [-0.1, -0.05) is 0 Å². The van der Waals surface area contributed by atoms with Crippen LogP contribution in [-0.2, 0) is 5.41 Å². The molecule has 3 nitrogen and oxygen atoms in total. The Morgan fingerprint density at radius 3 is 2.60 bits per heavy atom. The second kappa shape index (κ2) is 4.97. The Morgan fingerprint density at radius 2 is 1.95 bits per heavy atom. The van der Waals surface area contributed by atoms with Crippen molar-refractivity contribution < 1.29 is 13.9 Å². The molecule has 5 heteroatoms. The minimum absolute atomic E-state index is 0.00639. The summed E-state index contributed by atoms with van der Waals surface area (Å²) in [6, 6.07) is 2.39. The molecule has 1 aromatic rings. The van der Waals surface area contributed by atoms with Crippen molar-refractivity contribution >= 4 is 5.69 Å². The van der Waals surface area contributed by atoms with Crippen molar-refractivity contribution in [3.8, 4) is 0 Å². The summed E-state index contributed by atoms with van der Waals surface area (Å²) < 4.78 is 27.9. The van der Waals surface area contributed by atoms with Crippen molar-refractivity contribution in [1.29, 1.82) is 0 Å². The number of fused-ring (bicyclic) bond motifs is 2. The fraction of sp³-hybridized carbons (Fsp3) is 0.600. The Bertz CT molecular complexity index is 513. The van der Waals surface area contributed by atoms with Gasteiger partial charge in [0, 0.05) is 35.8 Å². The Hall–Kier alpha value is -1.20. The summed E-state index contributed by atoms with van der Waals surface area (Å²) >= 11 is 0. The van der Waals surface area contributed by atoms with Gasteiger partial charge in [-0.15, -0.1) is 0 Å². The van der Waals surface area contributed by atoms with Gasteiger partial charge in [0.05, 0.1) is 6.61 Å². The van der Waals surface area contributed by atoms with E-state index >= 15 is 0 Å². The molecule has 1 fully saturated rings. The van der Waals surface area contributed by atoms with E-state index in [0.717, 1.165) is 32.0 Å². The van der Waals surface area contributed by atoms with Gasteiger partial charge in [-0.05, 0) is 39.0 Å². The molecule has 0 aromatic heterocycles. The Balaban J connectivity index is 2.05. The first-order valence-electron chi connectivity index (χ1n) is 7.10. The first-order valence-corrected chi connectivity index (χ1v) is 7.10. The quantitative estimate of drug-likeness (QED) is 0.895. The molecule has 1 saturated heterocycles. The number of aliphatic hydroxyl groups is 1. The lowest BCUT2D eigenvalue weighted by Crippen LogP contribution is -2.44. The zero-order chi connectivity index (χ0) is 14.3.